The number of alkyl halides is 6. The van der Waals surface area contributed by atoms with Crippen LogP contribution in [0.4, 0.5) is 46.9 Å². The quantitative estimate of drug-likeness (QED) is 0.301. The molecule has 0 saturated heterocycles. The Kier molecular flexibility index (Phi) is 6.45. The van der Waals surface area contributed by atoms with Crippen LogP contribution in [0.15, 0.2) is 76.2 Å². The summed E-state index contributed by atoms with van der Waals surface area (Å²) in [6, 6.07) is 9.96. The third-order valence-electron chi connectivity index (χ3n) is 5.00. The molecule has 1 heterocycles. The number of halogens is 7. The van der Waals surface area contributed by atoms with E-state index in [-0.39, 0.29) is 17.2 Å². The van der Waals surface area contributed by atoms with E-state index in [2.05, 4.69) is 26.2 Å². The Balaban J connectivity index is 1.59. The van der Waals surface area contributed by atoms with Crippen LogP contribution in [0.5, 0.6) is 0 Å². The van der Waals surface area contributed by atoms with Crippen molar-refractivity contribution in [2.45, 2.75) is 12.4 Å². The van der Waals surface area contributed by atoms with Crippen molar-refractivity contribution in [1.29, 1.82) is 0 Å². The van der Waals surface area contributed by atoms with Crippen molar-refractivity contribution < 1.29 is 41.0 Å². The van der Waals surface area contributed by atoms with Gasteiger partial charge < -0.3 is 10.6 Å². The number of amides is 2. The number of benzene rings is 3. The molecule has 0 atom stereocenters. The normalized spacial score (nSPS) is 13.5. The summed E-state index contributed by atoms with van der Waals surface area (Å²) in [5, 5.41) is 15.6. The van der Waals surface area contributed by atoms with Crippen LogP contribution in [0.2, 0.25) is 0 Å². The van der Waals surface area contributed by atoms with Crippen LogP contribution in [-0.2, 0) is 12.4 Å². The summed E-state index contributed by atoms with van der Waals surface area (Å²) in [4.78, 5) is 12.5. The van der Waals surface area contributed by atoms with Gasteiger partial charge in [0.25, 0.3) is 5.84 Å². The molecular weight excluding hydrogens is 497 g/mol. The number of hydrogen-bond donors (Lipinski definition) is 3. The first kappa shape index (κ1) is 24.8. The largest absolute Gasteiger partial charge is 0.419 e. The molecular formula is C22H14F7N6O+. The van der Waals surface area contributed by atoms with Gasteiger partial charge in [-0.15, -0.1) is 5.43 Å². The third kappa shape index (κ3) is 5.49. The van der Waals surface area contributed by atoms with Crippen molar-refractivity contribution in [3.63, 3.8) is 0 Å². The first-order valence-corrected chi connectivity index (χ1v) is 9.99. The van der Waals surface area contributed by atoms with Gasteiger partial charge in [-0.1, -0.05) is 23.3 Å². The van der Waals surface area contributed by atoms with Crippen LogP contribution in [0.3, 0.4) is 0 Å². The molecule has 36 heavy (non-hydrogen) atoms. The predicted molar refractivity (Wildman–Crippen MR) is 114 cm³/mol. The molecule has 0 fully saturated rings. The Morgan fingerprint density at radius 3 is 2.11 bits per heavy atom. The van der Waals surface area contributed by atoms with E-state index in [9.17, 15) is 35.5 Å². The topological polar surface area (TPSA) is 94.8 Å². The summed E-state index contributed by atoms with van der Waals surface area (Å²) in [7, 11) is 0. The zero-order valence-electron chi connectivity index (χ0n) is 17.7. The van der Waals surface area contributed by atoms with Gasteiger partial charge in [0.15, 0.2) is 0 Å². The Morgan fingerprint density at radius 2 is 1.50 bits per heavy atom. The average Bonchev–Trinajstić information content (AvgIpc) is 3.34. The molecule has 0 spiro atoms. The monoisotopic (exact) mass is 511 g/mol. The number of rotatable bonds is 4. The molecule has 0 saturated carbocycles. The summed E-state index contributed by atoms with van der Waals surface area (Å²) >= 11 is 0. The molecule has 3 aromatic rings. The van der Waals surface area contributed by atoms with Crippen molar-refractivity contribution in [2.75, 3.05) is 10.6 Å². The average molecular weight is 511 g/mol. The number of carbonyl (C=O) groups excluding carboxylic acids is 1. The lowest BCUT2D eigenvalue weighted by Gasteiger charge is -2.14. The zero-order valence-corrected chi connectivity index (χ0v) is 17.7. The van der Waals surface area contributed by atoms with Crippen molar-refractivity contribution in [2.24, 2.45) is 15.5 Å². The molecule has 3 aromatic carbocycles. The van der Waals surface area contributed by atoms with Crippen LogP contribution < -0.4 is 16.1 Å². The molecule has 186 valence electrons. The van der Waals surface area contributed by atoms with Crippen molar-refractivity contribution in [3.8, 4) is 11.1 Å². The Morgan fingerprint density at radius 1 is 0.806 bits per heavy atom. The fourth-order valence-electron chi connectivity index (χ4n) is 3.31. The van der Waals surface area contributed by atoms with Gasteiger partial charge in [-0.05, 0) is 53.6 Å². The fourth-order valence-corrected chi connectivity index (χ4v) is 3.31. The highest BCUT2D eigenvalue weighted by Gasteiger charge is 2.34. The zero-order chi connectivity index (χ0) is 26.1. The molecule has 1 aliphatic rings. The standard InChI is InChI=1S/C22H13F7N6O/c23-17-7-6-14(10-16(17)22(27,28)29)30-20(36)31-18-8-3-12(9-15(18)19-32-34-35-33-19)11-1-4-13(5-2-11)21(24,25)26/h1-10H,(H2,30,31,36)(H,32,33,34,35)/p+1. The van der Waals surface area contributed by atoms with E-state index in [1.807, 2.05) is 0 Å². The molecule has 0 radical (unpaired) electrons. The van der Waals surface area contributed by atoms with Crippen LogP contribution >= 0.6 is 0 Å². The van der Waals surface area contributed by atoms with E-state index in [1.165, 1.54) is 35.8 Å². The lowest BCUT2D eigenvalue weighted by molar-refractivity contribution is -0.546. The van der Waals surface area contributed by atoms with Gasteiger partial charge in [0.1, 0.15) is 5.82 Å². The number of carbonyl (C=O) groups is 1. The highest BCUT2D eigenvalue weighted by atomic mass is 19.4. The van der Waals surface area contributed by atoms with Crippen molar-refractivity contribution in [1.82, 2.24) is 0 Å². The first-order chi connectivity index (χ1) is 16.9. The number of nitrogens with two attached hydrogens (primary N) is 1. The Bertz CT molecular complexity index is 1360. The minimum Gasteiger partial charge on any atom is -0.308 e. The van der Waals surface area contributed by atoms with E-state index < -0.39 is 35.3 Å². The maximum atomic E-state index is 13.5. The molecule has 0 bridgehead atoms. The maximum Gasteiger partial charge on any atom is 0.419 e. The summed E-state index contributed by atoms with van der Waals surface area (Å²) < 4.78 is 90.9. The van der Waals surface area contributed by atoms with Gasteiger partial charge in [-0.2, -0.15) is 26.3 Å². The lowest BCUT2D eigenvalue weighted by atomic mass is 10.00. The van der Waals surface area contributed by atoms with E-state index in [0.717, 1.165) is 18.2 Å². The maximum absolute atomic E-state index is 13.5. The predicted octanol–water partition coefficient (Wildman–Crippen LogP) is 5.78. The molecule has 0 aromatic heterocycles. The second-order valence-corrected chi connectivity index (χ2v) is 7.43. The van der Waals surface area contributed by atoms with Gasteiger partial charge in [0, 0.05) is 10.9 Å². The SMILES string of the molecule is O=C(Nc1ccc(F)c(C(F)(F)F)c1)Nc1ccc(-c2ccc(C(F)(F)F)cc2)cc1C1=NN=N[NH2+]1. The van der Waals surface area contributed by atoms with Crippen LogP contribution in [-0.4, -0.2) is 11.9 Å². The lowest BCUT2D eigenvalue weighted by Crippen LogP contribution is -2.80. The molecule has 14 heteroatoms. The number of quaternary nitrogens is 1. The number of nitrogens with zero attached hydrogens (tertiary/aromatic N) is 3. The fraction of sp³-hybridized carbons (Fsp3) is 0.0909. The summed E-state index contributed by atoms with van der Waals surface area (Å²) in [6.45, 7) is 0. The van der Waals surface area contributed by atoms with E-state index in [1.54, 1.807) is 0 Å². The summed E-state index contributed by atoms with van der Waals surface area (Å²) in [5.74, 6) is -1.27. The Hall–Kier alpha value is -4.33. The summed E-state index contributed by atoms with van der Waals surface area (Å²) in [6.07, 6.45) is -9.45. The Labute approximate surface area is 197 Å². The van der Waals surface area contributed by atoms with E-state index in [0.29, 0.717) is 28.8 Å². The van der Waals surface area contributed by atoms with E-state index in [4.69, 9.17) is 0 Å². The van der Waals surface area contributed by atoms with Gasteiger partial charge in [0.2, 0.25) is 0 Å². The van der Waals surface area contributed by atoms with Gasteiger partial charge in [-0.3, -0.25) is 0 Å². The third-order valence-corrected chi connectivity index (χ3v) is 5.00. The molecule has 0 aliphatic carbocycles. The molecule has 7 nitrogen and oxygen atoms in total. The minimum atomic E-state index is -4.96. The highest BCUT2D eigenvalue weighted by molar-refractivity contribution is 6.06. The molecule has 0 unspecified atom stereocenters. The van der Waals surface area contributed by atoms with Gasteiger partial charge in [-0.25, -0.2) is 9.18 Å². The second kappa shape index (κ2) is 9.37. The van der Waals surface area contributed by atoms with Crippen LogP contribution in [0.1, 0.15) is 16.7 Å². The number of hydrogen-bond acceptors (Lipinski definition) is 4. The molecule has 4 rings (SSSR count). The smallest absolute Gasteiger partial charge is 0.308 e. The molecule has 1 aliphatic heterocycles. The number of anilines is 2. The number of amidine groups is 1. The van der Waals surface area contributed by atoms with Crippen LogP contribution in [0, 0.1) is 5.82 Å². The number of urea groups is 1. The minimum absolute atomic E-state index is 0.156. The van der Waals surface area contributed by atoms with Gasteiger partial charge in [0.05, 0.1) is 27.6 Å². The van der Waals surface area contributed by atoms with Gasteiger partial charge >= 0.3 is 18.4 Å². The highest BCUT2D eigenvalue weighted by Crippen LogP contribution is 2.34. The van der Waals surface area contributed by atoms with E-state index >= 15 is 0 Å². The number of nitrogens with one attached hydrogen (secondary N) is 2. The molecule has 2 amide bonds. The second-order valence-electron chi connectivity index (χ2n) is 7.43. The molecule has 4 N–H and O–H groups in total. The summed E-state index contributed by atoms with van der Waals surface area (Å²) in [5.41, 5.74) is -0.00296. The van der Waals surface area contributed by atoms with Crippen molar-refractivity contribution in [3.05, 3.63) is 83.2 Å². The van der Waals surface area contributed by atoms with Crippen molar-refractivity contribution >= 4 is 23.2 Å². The van der Waals surface area contributed by atoms with Crippen LogP contribution in [0.25, 0.3) is 11.1 Å². The first-order valence-electron chi connectivity index (χ1n) is 9.99.